The molecule has 2 rings (SSSR count). The molecule has 2 aromatic rings. The quantitative estimate of drug-likeness (QED) is 0.664. The van der Waals surface area contributed by atoms with Crippen molar-refractivity contribution in [3.63, 3.8) is 0 Å². The summed E-state index contributed by atoms with van der Waals surface area (Å²) >= 11 is 0.601. The van der Waals surface area contributed by atoms with Crippen LogP contribution in [0.15, 0.2) is 23.6 Å². The van der Waals surface area contributed by atoms with Crippen LogP contribution in [0.4, 0.5) is 28.4 Å². The molecule has 0 aliphatic heterocycles. The molecule has 21 heavy (non-hydrogen) atoms. The van der Waals surface area contributed by atoms with Gasteiger partial charge >= 0.3 is 15.5 Å². The van der Waals surface area contributed by atoms with Gasteiger partial charge in [-0.3, -0.25) is 4.72 Å². The number of nitrogens with one attached hydrogen (secondary N) is 1. The molecular weight excluding hydrogens is 334 g/mol. The number of hydrogen-bond donors (Lipinski definition) is 2. The number of sulfonamides is 1. The number of benzene rings is 1. The summed E-state index contributed by atoms with van der Waals surface area (Å²) < 4.78 is 73.4. The smallest absolute Gasteiger partial charge is 0.399 e. The number of nitrogens with two attached hydrogens (primary N) is 1. The predicted molar refractivity (Wildman–Crippen MR) is 70.5 cm³/mol. The highest BCUT2D eigenvalue weighted by atomic mass is 32.2. The van der Waals surface area contributed by atoms with Crippen LogP contribution >= 0.6 is 11.3 Å². The molecule has 114 valence electrons. The van der Waals surface area contributed by atoms with E-state index in [1.54, 1.807) is 0 Å². The Kier molecular flexibility index (Phi) is 3.80. The first-order valence-electron chi connectivity index (χ1n) is 5.20. The van der Waals surface area contributed by atoms with Gasteiger partial charge < -0.3 is 5.73 Å². The van der Waals surface area contributed by atoms with Gasteiger partial charge in [0.15, 0.2) is 5.13 Å². The van der Waals surface area contributed by atoms with Crippen LogP contribution in [0.3, 0.4) is 0 Å². The number of rotatable bonds is 3. The molecule has 0 saturated heterocycles. The topological polar surface area (TPSA) is 85.1 Å². The molecule has 0 atom stereocenters. The second kappa shape index (κ2) is 5.15. The van der Waals surface area contributed by atoms with E-state index in [9.17, 15) is 26.0 Å². The van der Waals surface area contributed by atoms with Gasteiger partial charge in [-0.2, -0.15) is 21.6 Å². The monoisotopic (exact) mass is 341 g/mol. The molecule has 0 radical (unpaired) electrons. The zero-order valence-electron chi connectivity index (χ0n) is 9.98. The Hall–Kier alpha value is -1.88. The minimum absolute atomic E-state index is 0.00194. The fourth-order valence-corrected chi connectivity index (χ4v) is 2.82. The van der Waals surface area contributed by atoms with Crippen LogP contribution in [-0.2, 0) is 10.0 Å². The summed E-state index contributed by atoms with van der Waals surface area (Å²) in [6, 6.07) is 3.70. The zero-order chi connectivity index (χ0) is 15.8. The summed E-state index contributed by atoms with van der Waals surface area (Å²) in [7, 11) is -5.55. The third kappa shape index (κ3) is 3.24. The van der Waals surface area contributed by atoms with Crippen molar-refractivity contribution in [1.82, 2.24) is 4.98 Å². The number of nitrogen functional groups attached to an aromatic ring is 1. The van der Waals surface area contributed by atoms with Crippen molar-refractivity contribution in [3.8, 4) is 11.3 Å². The van der Waals surface area contributed by atoms with E-state index in [2.05, 4.69) is 4.98 Å². The van der Waals surface area contributed by atoms with Crippen molar-refractivity contribution >= 4 is 32.2 Å². The minimum atomic E-state index is -5.55. The third-order valence-corrected chi connectivity index (χ3v) is 4.26. The lowest BCUT2D eigenvalue weighted by atomic mass is 10.1. The highest BCUT2D eigenvalue weighted by Gasteiger charge is 2.46. The molecule has 11 heteroatoms. The highest BCUT2D eigenvalue weighted by molar-refractivity contribution is 7.93. The minimum Gasteiger partial charge on any atom is -0.399 e. The summed E-state index contributed by atoms with van der Waals surface area (Å²) in [5.41, 5.74) is 0.0808. The van der Waals surface area contributed by atoms with Crippen molar-refractivity contribution in [2.75, 3.05) is 10.5 Å². The van der Waals surface area contributed by atoms with Gasteiger partial charge in [-0.25, -0.2) is 9.37 Å². The lowest BCUT2D eigenvalue weighted by molar-refractivity contribution is -0.0429. The van der Waals surface area contributed by atoms with E-state index in [0.717, 1.165) is 6.07 Å². The molecule has 1 aromatic carbocycles. The van der Waals surface area contributed by atoms with E-state index in [-0.39, 0.29) is 16.9 Å². The Morgan fingerprint density at radius 1 is 1.29 bits per heavy atom. The highest BCUT2D eigenvalue weighted by Crippen LogP contribution is 2.31. The summed E-state index contributed by atoms with van der Waals surface area (Å²) in [5.74, 6) is -0.717. The summed E-state index contributed by atoms with van der Waals surface area (Å²) in [6.07, 6.45) is 0. The summed E-state index contributed by atoms with van der Waals surface area (Å²) in [4.78, 5) is 3.62. The van der Waals surface area contributed by atoms with Gasteiger partial charge in [-0.1, -0.05) is 0 Å². The number of hydrogen-bond acceptors (Lipinski definition) is 5. The van der Waals surface area contributed by atoms with Crippen molar-refractivity contribution in [1.29, 1.82) is 0 Å². The Bertz CT molecular complexity index is 771. The number of thiazole rings is 1. The zero-order valence-corrected chi connectivity index (χ0v) is 11.6. The maximum absolute atomic E-state index is 13.6. The Morgan fingerprint density at radius 3 is 2.52 bits per heavy atom. The number of anilines is 2. The normalized spacial score (nSPS) is 12.4. The standard InChI is InChI=1S/C10H7F4N3O2S2/c11-7-3-5(15)1-2-6(7)8-4-20-9(16-8)17-21(18,19)10(12,13)14/h1-4H,15H2,(H,16,17). The summed E-state index contributed by atoms with van der Waals surface area (Å²) in [6.45, 7) is 0. The van der Waals surface area contributed by atoms with Gasteiger partial charge in [0.05, 0.1) is 5.69 Å². The first-order valence-corrected chi connectivity index (χ1v) is 7.56. The molecule has 1 aromatic heterocycles. The molecule has 0 bridgehead atoms. The second-order valence-corrected chi connectivity index (χ2v) is 6.36. The van der Waals surface area contributed by atoms with Gasteiger partial charge in [0.25, 0.3) is 0 Å². The Labute approximate surface area is 120 Å². The lowest BCUT2D eigenvalue weighted by Crippen LogP contribution is -2.29. The first kappa shape index (κ1) is 15.5. The fourth-order valence-electron chi connectivity index (χ4n) is 1.36. The van der Waals surface area contributed by atoms with Gasteiger partial charge in [0, 0.05) is 16.6 Å². The van der Waals surface area contributed by atoms with E-state index in [4.69, 9.17) is 5.73 Å². The lowest BCUT2D eigenvalue weighted by Gasteiger charge is -2.07. The van der Waals surface area contributed by atoms with Gasteiger partial charge in [0.2, 0.25) is 0 Å². The molecule has 1 heterocycles. The molecular formula is C10H7F4N3O2S2. The van der Waals surface area contributed by atoms with Crippen molar-refractivity contribution in [3.05, 3.63) is 29.4 Å². The molecule has 0 amide bonds. The fraction of sp³-hybridized carbons (Fsp3) is 0.100. The first-order chi connectivity index (χ1) is 9.60. The molecule has 0 spiro atoms. The second-order valence-electron chi connectivity index (χ2n) is 3.83. The van der Waals surface area contributed by atoms with Crippen LogP contribution in [0, 0.1) is 5.82 Å². The van der Waals surface area contributed by atoms with E-state index < -0.39 is 26.5 Å². The predicted octanol–water partition coefficient (Wildman–Crippen LogP) is 2.79. The van der Waals surface area contributed by atoms with Crippen LogP contribution in [-0.4, -0.2) is 18.9 Å². The van der Waals surface area contributed by atoms with E-state index in [0.29, 0.717) is 11.3 Å². The van der Waals surface area contributed by atoms with Crippen molar-refractivity contribution < 1.29 is 26.0 Å². The molecule has 0 fully saturated rings. The molecule has 0 aliphatic rings. The molecule has 5 nitrogen and oxygen atoms in total. The van der Waals surface area contributed by atoms with Crippen LogP contribution < -0.4 is 10.5 Å². The number of aromatic nitrogens is 1. The molecule has 0 unspecified atom stereocenters. The number of halogens is 4. The number of alkyl halides is 3. The molecule has 0 saturated carbocycles. The van der Waals surface area contributed by atoms with Crippen LogP contribution in [0.5, 0.6) is 0 Å². The van der Waals surface area contributed by atoms with Gasteiger partial charge in [-0.05, 0) is 18.2 Å². The van der Waals surface area contributed by atoms with Gasteiger partial charge in [0.1, 0.15) is 5.82 Å². The number of nitrogens with zero attached hydrogens (tertiary/aromatic N) is 1. The van der Waals surface area contributed by atoms with Crippen molar-refractivity contribution in [2.24, 2.45) is 0 Å². The average Bonchev–Trinajstić information content (AvgIpc) is 2.74. The third-order valence-electron chi connectivity index (χ3n) is 2.30. The van der Waals surface area contributed by atoms with E-state index in [1.165, 1.54) is 22.2 Å². The molecule has 3 N–H and O–H groups in total. The maximum atomic E-state index is 13.6. The largest absolute Gasteiger partial charge is 0.516 e. The molecule has 0 aliphatic carbocycles. The van der Waals surface area contributed by atoms with Gasteiger partial charge in [-0.15, -0.1) is 11.3 Å². The average molecular weight is 341 g/mol. The SMILES string of the molecule is Nc1ccc(-c2csc(NS(=O)(=O)C(F)(F)F)n2)c(F)c1. The van der Waals surface area contributed by atoms with Crippen LogP contribution in [0.25, 0.3) is 11.3 Å². The maximum Gasteiger partial charge on any atom is 0.516 e. The van der Waals surface area contributed by atoms with E-state index in [1.807, 2.05) is 0 Å². The van der Waals surface area contributed by atoms with Crippen LogP contribution in [0.2, 0.25) is 0 Å². The Balaban J connectivity index is 2.31. The Morgan fingerprint density at radius 2 is 1.95 bits per heavy atom. The summed E-state index contributed by atoms with van der Waals surface area (Å²) in [5, 5.41) is 0.710. The van der Waals surface area contributed by atoms with E-state index >= 15 is 0 Å². The van der Waals surface area contributed by atoms with Crippen molar-refractivity contribution in [2.45, 2.75) is 5.51 Å². The van der Waals surface area contributed by atoms with Crippen LogP contribution in [0.1, 0.15) is 0 Å².